The molecule has 0 saturated carbocycles. The van der Waals surface area contributed by atoms with Crippen LogP contribution in [0.4, 0.5) is 5.69 Å². The Kier molecular flexibility index (Phi) is 4.62. The number of carbonyl (C=O) groups excluding carboxylic acids is 2. The lowest BCUT2D eigenvalue weighted by atomic mass is 10.1. The third-order valence-electron chi connectivity index (χ3n) is 3.85. The highest BCUT2D eigenvalue weighted by Crippen LogP contribution is 2.25. The average molecular weight is 333 g/mol. The molecule has 1 aromatic heterocycles. The van der Waals surface area contributed by atoms with E-state index in [0.29, 0.717) is 22.0 Å². The van der Waals surface area contributed by atoms with Crippen LogP contribution in [0.2, 0.25) is 5.02 Å². The second-order valence-electron chi connectivity index (χ2n) is 5.47. The van der Waals surface area contributed by atoms with Gasteiger partial charge in [-0.3, -0.25) is 14.7 Å². The molecule has 2 aromatic rings. The van der Waals surface area contributed by atoms with Gasteiger partial charge in [-0.1, -0.05) is 11.6 Å². The molecule has 0 bridgehead atoms. The largest absolute Gasteiger partial charge is 0.339 e. The molecule has 120 valence electrons. The molecule has 0 aliphatic carbocycles. The van der Waals surface area contributed by atoms with Crippen LogP contribution in [-0.2, 0) is 0 Å². The summed E-state index contributed by atoms with van der Waals surface area (Å²) in [6.07, 6.45) is 4.72. The third kappa shape index (κ3) is 3.53. The Balaban J connectivity index is 1.78. The lowest BCUT2D eigenvalue weighted by Gasteiger charge is -2.27. The Labute approximate surface area is 138 Å². The van der Waals surface area contributed by atoms with Crippen molar-refractivity contribution >= 4 is 29.1 Å². The fourth-order valence-electron chi connectivity index (χ4n) is 2.61. The van der Waals surface area contributed by atoms with Crippen LogP contribution in [0.15, 0.2) is 30.5 Å². The maximum Gasteiger partial charge on any atom is 0.273 e. The Bertz CT molecular complexity index is 709. The van der Waals surface area contributed by atoms with E-state index in [9.17, 15) is 9.59 Å². The molecule has 0 spiro atoms. The Morgan fingerprint density at radius 1 is 1.17 bits per heavy atom. The minimum absolute atomic E-state index is 0.0293. The summed E-state index contributed by atoms with van der Waals surface area (Å²) >= 11 is 6.13. The highest BCUT2D eigenvalue weighted by Gasteiger charge is 2.19. The average Bonchev–Trinajstić information content (AvgIpc) is 3.11. The van der Waals surface area contributed by atoms with E-state index < -0.39 is 0 Å². The van der Waals surface area contributed by atoms with E-state index in [2.05, 4.69) is 15.5 Å². The zero-order valence-electron chi connectivity index (χ0n) is 12.5. The summed E-state index contributed by atoms with van der Waals surface area (Å²) in [4.78, 5) is 26.4. The van der Waals surface area contributed by atoms with E-state index >= 15 is 0 Å². The van der Waals surface area contributed by atoms with Gasteiger partial charge in [-0.25, -0.2) is 0 Å². The summed E-state index contributed by atoms with van der Waals surface area (Å²) in [6, 6.07) is 6.49. The van der Waals surface area contributed by atoms with Gasteiger partial charge in [-0.2, -0.15) is 5.10 Å². The second-order valence-corrected chi connectivity index (χ2v) is 5.88. The number of aromatic amines is 1. The van der Waals surface area contributed by atoms with E-state index in [1.807, 2.05) is 4.90 Å². The van der Waals surface area contributed by atoms with Gasteiger partial charge in [0.15, 0.2) is 0 Å². The lowest BCUT2D eigenvalue weighted by Crippen LogP contribution is -2.35. The summed E-state index contributed by atoms with van der Waals surface area (Å²) in [5, 5.41) is 9.40. The predicted molar refractivity (Wildman–Crippen MR) is 87.7 cm³/mol. The van der Waals surface area contributed by atoms with Crippen molar-refractivity contribution in [2.75, 3.05) is 18.4 Å². The molecular formula is C16H17ClN4O2. The molecule has 2 heterocycles. The third-order valence-corrected chi connectivity index (χ3v) is 4.18. The summed E-state index contributed by atoms with van der Waals surface area (Å²) in [5.74, 6) is -0.384. The van der Waals surface area contributed by atoms with E-state index in [1.54, 1.807) is 24.3 Å². The molecular weight excluding hydrogens is 316 g/mol. The molecule has 23 heavy (non-hydrogen) atoms. The number of piperidine rings is 1. The number of hydrogen-bond acceptors (Lipinski definition) is 3. The molecule has 1 aliphatic heterocycles. The first-order valence-corrected chi connectivity index (χ1v) is 7.92. The molecule has 6 nitrogen and oxygen atoms in total. The summed E-state index contributed by atoms with van der Waals surface area (Å²) in [6.45, 7) is 1.55. The number of anilines is 1. The number of H-pyrrole nitrogens is 1. The van der Waals surface area contributed by atoms with Crippen LogP contribution in [0.1, 0.15) is 40.1 Å². The second kappa shape index (κ2) is 6.83. The number of likely N-dealkylation sites (tertiary alicyclic amines) is 1. The number of aromatic nitrogens is 2. The van der Waals surface area contributed by atoms with Crippen molar-refractivity contribution in [2.45, 2.75) is 19.3 Å². The molecule has 7 heteroatoms. The summed E-state index contributed by atoms with van der Waals surface area (Å²) in [5.41, 5.74) is 1.26. The predicted octanol–water partition coefficient (Wildman–Crippen LogP) is 2.94. The molecule has 1 saturated heterocycles. The van der Waals surface area contributed by atoms with Gasteiger partial charge in [0.2, 0.25) is 0 Å². The van der Waals surface area contributed by atoms with Crippen molar-refractivity contribution in [2.24, 2.45) is 0 Å². The first-order chi connectivity index (χ1) is 11.1. The smallest absolute Gasteiger partial charge is 0.273 e. The van der Waals surface area contributed by atoms with Crippen LogP contribution in [-0.4, -0.2) is 40.0 Å². The van der Waals surface area contributed by atoms with Gasteiger partial charge in [-0.15, -0.1) is 0 Å². The minimum atomic E-state index is -0.355. The highest BCUT2D eigenvalue weighted by molar-refractivity contribution is 6.34. The molecule has 1 fully saturated rings. The van der Waals surface area contributed by atoms with Gasteiger partial charge >= 0.3 is 0 Å². The molecule has 0 radical (unpaired) electrons. The Morgan fingerprint density at radius 3 is 2.65 bits per heavy atom. The summed E-state index contributed by atoms with van der Waals surface area (Å²) in [7, 11) is 0. The fourth-order valence-corrected chi connectivity index (χ4v) is 2.77. The first-order valence-electron chi connectivity index (χ1n) is 7.55. The van der Waals surface area contributed by atoms with Gasteiger partial charge < -0.3 is 10.2 Å². The van der Waals surface area contributed by atoms with E-state index in [0.717, 1.165) is 32.4 Å². The number of amides is 2. The van der Waals surface area contributed by atoms with Crippen LogP contribution < -0.4 is 5.32 Å². The highest BCUT2D eigenvalue weighted by atomic mass is 35.5. The Morgan fingerprint density at radius 2 is 1.96 bits per heavy atom. The zero-order chi connectivity index (χ0) is 16.2. The molecule has 1 aliphatic rings. The van der Waals surface area contributed by atoms with E-state index in [-0.39, 0.29) is 11.8 Å². The number of carbonyl (C=O) groups is 2. The van der Waals surface area contributed by atoms with Gasteiger partial charge in [0.25, 0.3) is 11.8 Å². The van der Waals surface area contributed by atoms with E-state index in [1.165, 1.54) is 6.20 Å². The summed E-state index contributed by atoms with van der Waals surface area (Å²) < 4.78 is 0. The number of benzene rings is 1. The normalized spacial score (nSPS) is 14.6. The van der Waals surface area contributed by atoms with Gasteiger partial charge in [0.1, 0.15) is 5.69 Å². The Hall–Kier alpha value is -2.34. The quantitative estimate of drug-likeness (QED) is 0.907. The molecule has 2 amide bonds. The van der Waals surface area contributed by atoms with Crippen LogP contribution in [0.3, 0.4) is 0 Å². The van der Waals surface area contributed by atoms with Crippen molar-refractivity contribution < 1.29 is 9.59 Å². The topological polar surface area (TPSA) is 78.1 Å². The number of nitrogens with zero attached hydrogens (tertiary/aromatic N) is 2. The van der Waals surface area contributed by atoms with Crippen molar-refractivity contribution in [3.8, 4) is 0 Å². The fraction of sp³-hybridized carbons (Fsp3) is 0.312. The van der Waals surface area contributed by atoms with Crippen LogP contribution in [0.5, 0.6) is 0 Å². The molecule has 2 N–H and O–H groups in total. The number of nitrogens with one attached hydrogen (secondary N) is 2. The van der Waals surface area contributed by atoms with Gasteiger partial charge in [0.05, 0.1) is 10.7 Å². The first kappa shape index (κ1) is 15.6. The molecule has 3 rings (SSSR count). The maximum atomic E-state index is 12.5. The van der Waals surface area contributed by atoms with Crippen molar-refractivity contribution in [3.63, 3.8) is 0 Å². The maximum absolute atomic E-state index is 12.5. The van der Waals surface area contributed by atoms with Crippen LogP contribution in [0, 0.1) is 0 Å². The number of hydrogen-bond donors (Lipinski definition) is 2. The number of halogens is 1. The zero-order valence-corrected chi connectivity index (χ0v) is 13.3. The lowest BCUT2D eigenvalue weighted by molar-refractivity contribution is 0.0724. The standard InChI is InChI=1S/C16H17ClN4O2/c17-12-5-4-11(16(23)21-8-2-1-3-9-21)10-14(12)19-15(22)13-6-7-18-20-13/h4-7,10H,1-3,8-9H2,(H,18,20)(H,19,22). The SMILES string of the molecule is O=C(Nc1cc(C(=O)N2CCCCC2)ccc1Cl)c1ccn[nH]1. The van der Waals surface area contributed by atoms with E-state index in [4.69, 9.17) is 11.6 Å². The van der Waals surface area contributed by atoms with Gasteiger partial charge in [-0.05, 0) is 43.5 Å². The number of rotatable bonds is 3. The molecule has 0 atom stereocenters. The molecule has 0 unspecified atom stereocenters. The minimum Gasteiger partial charge on any atom is -0.339 e. The monoisotopic (exact) mass is 332 g/mol. The van der Waals surface area contributed by atoms with Crippen molar-refractivity contribution in [1.29, 1.82) is 0 Å². The van der Waals surface area contributed by atoms with Crippen LogP contribution in [0.25, 0.3) is 0 Å². The van der Waals surface area contributed by atoms with Crippen molar-refractivity contribution in [3.05, 3.63) is 46.7 Å². The van der Waals surface area contributed by atoms with Crippen molar-refractivity contribution in [1.82, 2.24) is 15.1 Å². The van der Waals surface area contributed by atoms with Crippen LogP contribution >= 0.6 is 11.6 Å². The van der Waals surface area contributed by atoms with Gasteiger partial charge in [0, 0.05) is 24.8 Å². The molecule has 1 aromatic carbocycles.